The van der Waals surface area contributed by atoms with E-state index in [2.05, 4.69) is 0 Å². The summed E-state index contributed by atoms with van der Waals surface area (Å²) in [6.45, 7) is 0. The Labute approximate surface area is 240 Å². The van der Waals surface area contributed by atoms with Gasteiger partial charge in [0.15, 0.2) is 0 Å². The summed E-state index contributed by atoms with van der Waals surface area (Å²) in [7, 11) is 6.07. The van der Waals surface area contributed by atoms with Gasteiger partial charge in [0.05, 0.1) is 0 Å². The second-order valence-electron chi connectivity index (χ2n) is 9.13. The third kappa shape index (κ3) is 19.4. The molecule has 0 aromatic carbocycles. The van der Waals surface area contributed by atoms with Crippen LogP contribution < -0.4 is 0 Å². The predicted octanol–water partition coefficient (Wildman–Crippen LogP) is 2.78. The summed E-state index contributed by atoms with van der Waals surface area (Å²) in [6.07, 6.45) is -0.00730. The fourth-order valence-electron chi connectivity index (χ4n) is 3.03. The maximum absolute atomic E-state index is 10.6. The first-order chi connectivity index (χ1) is 17.3. The van der Waals surface area contributed by atoms with Crippen LogP contribution in [0.2, 0.25) is 40.8 Å². The Balaban J connectivity index is 0. The van der Waals surface area contributed by atoms with Gasteiger partial charge in [-0.25, -0.2) is 0 Å². The molecule has 0 aliphatic rings. The minimum absolute atomic E-state index is 0.00497. The van der Waals surface area contributed by atoms with Gasteiger partial charge in [0, 0.05) is 0 Å². The van der Waals surface area contributed by atoms with Crippen LogP contribution in [-0.2, 0) is 37.1 Å². The Bertz CT molecular complexity index is 656. The Kier molecular flexibility index (Phi) is 20.7. The molecule has 0 bridgehead atoms. The van der Waals surface area contributed by atoms with Crippen LogP contribution in [-0.4, -0.2) is 139 Å². The van der Waals surface area contributed by atoms with Gasteiger partial charge in [0.25, 0.3) is 0 Å². The number of aliphatic carboxylic acids is 4. The van der Waals surface area contributed by atoms with E-state index < -0.39 is 90.2 Å². The van der Waals surface area contributed by atoms with Gasteiger partial charge in [-0.2, -0.15) is 0 Å². The van der Waals surface area contributed by atoms with E-state index in [1.54, 1.807) is 0 Å². The Morgan fingerprint density at radius 2 is 0.895 bits per heavy atom. The minimum atomic E-state index is -3.42. The normalized spacial score (nSPS) is 17.5. The molecule has 14 nitrogen and oxygen atoms in total. The van der Waals surface area contributed by atoms with Gasteiger partial charge in [-0.1, -0.05) is 0 Å². The topological polar surface area (TPSA) is 205 Å². The monoisotopic (exact) mass is 896 g/mol. The summed E-state index contributed by atoms with van der Waals surface area (Å²) in [4.78, 5) is 46.3. The SMILES string of the molecule is C[O][Ge]([CH3])([CH2]CC(=O)O)[O][Ge]([CH3])([CH2]CC(=O)O)[O]C.C[O][Sn]([CH3])([CH2]CC(=O)O)[O][Sn]([CH3])([CH2]CC(=O)O)[O]C. The average Bonchev–Trinajstić information content (AvgIpc) is 2.84. The average molecular weight is 891 g/mol. The second-order valence-corrected chi connectivity index (χ2v) is 47.7. The first kappa shape index (κ1) is 40.5. The van der Waals surface area contributed by atoms with E-state index in [1.807, 2.05) is 21.4 Å². The quantitative estimate of drug-likeness (QED) is 0.130. The summed E-state index contributed by atoms with van der Waals surface area (Å²) in [5, 5.41) is 35.7. The van der Waals surface area contributed by atoms with Crippen molar-refractivity contribution in [2.75, 3.05) is 28.4 Å². The van der Waals surface area contributed by atoms with Crippen molar-refractivity contribution in [1.82, 2.24) is 0 Å². The molecule has 224 valence electrons. The molecule has 0 saturated carbocycles. The fraction of sp³-hybridized carbons (Fsp3) is 0.800. The van der Waals surface area contributed by atoms with Crippen LogP contribution >= 0.6 is 0 Å². The van der Waals surface area contributed by atoms with Crippen molar-refractivity contribution in [3.05, 3.63) is 0 Å². The van der Waals surface area contributed by atoms with Crippen LogP contribution in [0.3, 0.4) is 0 Å². The van der Waals surface area contributed by atoms with Crippen LogP contribution in [0, 0.1) is 0 Å². The molecule has 0 spiro atoms. The molecule has 0 aliphatic heterocycles. The number of hydrogen-bond acceptors (Lipinski definition) is 10. The number of rotatable bonds is 20. The summed E-state index contributed by atoms with van der Waals surface area (Å²) < 4.78 is 34.6. The molecule has 18 heteroatoms. The van der Waals surface area contributed by atoms with Crippen LogP contribution in [0.1, 0.15) is 25.7 Å². The maximum atomic E-state index is 10.6. The number of carboxylic acids is 4. The molecule has 0 saturated heterocycles. The molecule has 38 heavy (non-hydrogen) atoms. The van der Waals surface area contributed by atoms with Crippen LogP contribution in [0.5, 0.6) is 0 Å². The van der Waals surface area contributed by atoms with E-state index in [0.29, 0.717) is 19.4 Å². The molecule has 0 aromatic rings. The summed E-state index contributed by atoms with van der Waals surface area (Å²) in [5.41, 5.74) is 0. The van der Waals surface area contributed by atoms with E-state index in [9.17, 15) is 19.2 Å². The Morgan fingerprint density at radius 1 is 0.605 bits per heavy atom. The third-order valence-electron chi connectivity index (χ3n) is 5.76. The van der Waals surface area contributed by atoms with Gasteiger partial charge in [0.2, 0.25) is 0 Å². The zero-order chi connectivity index (χ0) is 30.2. The Hall–Kier alpha value is 0.323. The first-order valence-electron chi connectivity index (χ1n) is 11.8. The zero-order valence-corrected chi connectivity index (χ0v) is 33.4. The fourth-order valence-corrected chi connectivity index (χ4v) is 56.6. The van der Waals surface area contributed by atoms with E-state index in [0.717, 1.165) is 0 Å². The molecule has 0 heterocycles. The summed E-state index contributed by atoms with van der Waals surface area (Å²) >= 11 is -13.2. The third-order valence-corrected chi connectivity index (χ3v) is 56.0. The van der Waals surface area contributed by atoms with Crippen molar-refractivity contribution in [3.63, 3.8) is 0 Å². The molecule has 4 N–H and O–H groups in total. The molecule has 0 radical (unpaired) electrons. The van der Waals surface area contributed by atoms with Crippen molar-refractivity contribution in [2.24, 2.45) is 0 Å². The molecule has 4 unspecified atom stereocenters. The van der Waals surface area contributed by atoms with Crippen molar-refractivity contribution in [2.45, 2.75) is 66.5 Å². The molecule has 0 aliphatic carbocycles. The number of hydrogen-bond donors (Lipinski definition) is 4. The molecule has 0 aromatic heterocycles. The first-order valence-corrected chi connectivity index (χ1v) is 36.8. The van der Waals surface area contributed by atoms with Crippen molar-refractivity contribution >= 4 is 90.2 Å². The van der Waals surface area contributed by atoms with Crippen LogP contribution in [0.25, 0.3) is 0 Å². The van der Waals surface area contributed by atoms with Crippen molar-refractivity contribution < 1.29 is 57.5 Å². The molecular formula is C20H44Ge2O14Sn2. The standard InChI is InChI=1S/C10H22Ge2O7.2C3H5O2.2CH3O.2CH3.O.2Sn/c1-11(17-3,7-5-9(13)14)19-12(2,18-4)8-6-10(15)16;2*1-2-3(4)5;2*1-2;;;;;/h5-8H2,1-4H3,(H,13,14)(H,15,16);2*1-2H2,(H,4,5);2*1H3;2*1H3;;;/q;;;2*-1;;;;2*+1. The van der Waals surface area contributed by atoms with E-state index in [4.69, 9.17) is 38.3 Å². The van der Waals surface area contributed by atoms with Gasteiger partial charge < -0.3 is 0 Å². The van der Waals surface area contributed by atoms with Crippen molar-refractivity contribution in [1.29, 1.82) is 0 Å². The van der Waals surface area contributed by atoms with E-state index in [1.165, 1.54) is 28.4 Å². The second kappa shape index (κ2) is 19.4. The van der Waals surface area contributed by atoms with Crippen molar-refractivity contribution in [3.8, 4) is 0 Å². The van der Waals surface area contributed by atoms with Gasteiger partial charge in [-0.3, -0.25) is 0 Å². The number of carboxylic acid groups (broad SMARTS) is 4. The number of carbonyl (C=O) groups is 4. The Morgan fingerprint density at radius 3 is 1.11 bits per heavy atom. The van der Waals surface area contributed by atoms with E-state index >= 15 is 0 Å². The molecular weight excluding hydrogens is 847 g/mol. The van der Waals surface area contributed by atoms with Gasteiger partial charge in [-0.05, 0) is 0 Å². The summed E-state index contributed by atoms with van der Waals surface area (Å²) in [6, 6.07) is 0. The molecule has 0 rings (SSSR count). The zero-order valence-electron chi connectivity index (χ0n) is 23.5. The molecule has 4 atom stereocenters. The predicted molar refractivity (Wildman–Crippen MR) is 145 cm³/mol. The van der Waals surface area contributed by atoms with Gasteiger partial charge in [0.1, 0.15) is 0 Å². The van der Waals surface area contributed by atoms with Crippen LogP contribution in [0.15, 0.2) is 0 Å². The van der Waals surface area contributed by atoms with Gasteiger partial charge in [-0.15, -0.1) is 0 Å². The van der Waals surface area contributed by atoms with Crippen LogP contribution in [0.4, 0.5) is 0 Å². The summed E-state index contributed by atoms with van der Waals surface area (Å²) in [5.74, 6) is 0.0921. The molecule has 0 amide bonds. The van der Waals surface area contributed by atoms with E-state index in [-0.39, 0.29) is 25.7 Å². The van der Waals surface area contributed by atoms with Gasteiger partial charge >= 0.3 is 243 Å². The molecule has 0 fully saturated rings.